The molecular weight excluding hydrogens is 647 g/mol. The average molecular weight is 723 g/mol. The predicted molar refractivity (Wildman–Crippen MR) is 212 cm³/mol. The molecule has 3 atom stereocenters. The average Bonchev–Trinajstić information content (AvgIpc) is 3.10. The second kappa shape index (κ2) is 37.0. The van der Waals surface area contributed by atoms with Gasteiger partial charge in [0.15, 0.2) is 0 Å². The van der Waals surface area contributed by atoms with E-state index in [4.69, 9.17) is 14.8 Å². The maximum atomic E-state index is 12.7. The fourth-order valence-corrected chi connectivity index (χ4v) is 6.02. The van der Waals surface area contributed by atoms with Crippen LogP contribution in [0.3, 0.4) is 0 Å². The highest BCUT2D eigenvalue weighted by Crippen LogP contribution is 2.43. The lowest BCUT2D eigenvalue weighted by atomic mass is 10.1. The second-order valence-corrected chi connectivity index (χ2v) is 14.6. The number of rotatable bonds is 36. The van der Waals surface area contributed by atoms with E-state index in [-0.39, 0.29) is 25.7 Å². The number of hydrogen-bond donors (Lipinski definition) is 4. The maximum Gasteiger partial charge on any atom is 0.472 e. The van der Waals surface area contributed by atoms with Gasteiger partial charge in [0.25, 0.3) is 0 Å². The van der Waals surface area contributed by atoms with E-state index >= 15 is 0 Å². The SMILES string of the molecule is CCC/C=C\C/C=C\CCCCCCCC(=O)NC(COP(=O)(O)OCCN)C(O)/C=C/CC/C=C/CC/C=C/CCCCCCCCCC. The summed E-state index contributed by atoms with van der Waals surface area (Å²) in [6, 6.07) is -0.891. The number of aliphatic hydroxyl groups is 1. The number of aliphatic hydroxyl groups excluding tert-OH is 1. The van der Waals surface area contributed by atoms with E-state index in [0.717, 1.165) is 77.0 Å². The Labute approximate surface area is 306 Å². The minimum absolute atomic E-state index is 0.0668. The lowest BCUT2D eigenvalue weighted by molar-refractivity contribution is -0.123. The van der Waals surface area contributed by atoms with Crippen LogP contribution >= 0.6 is 7.82 Å². The number of phosphoric ester groups is 1. The third kappa shape index (κ3) is 34.6. The maximum absolute atomic E-state index is 12.7. The summed E-state index contributed by atoms with van der Waals surface area (Å²) in [4.78, 5) is 22.6. The Hall–Kier alpha value is -1.80. The number of unbranched alkanes of at least 4 members (excludes halogenated alkanes) is 16. The Balaban J connectivity index is 4.40. The fourth-order valence-electron chi connectivity index (χ4n) is 5.26. The van der Waals surface area contributed by atoms with E-state index in [1.54, 1.807) is 6.08 Å². The third-order valence-electron chi connectivity index (χ3n) is 8.27. The van der Waals surface area contributed by atoms with Gasteiger partial charge in [0.2, 0.25) is 5.91 Å². The Kier molecular flexibility index (Phi) is 35.6. The molecule has 0 heterocycles. The molecule has 5 N–H and O–H groups in total. The van der Waals surface area contributed by atoms with Crippen molar-refractivity contribution >= 4 is 13.7 Å². The van der Waals surface area contributed by atoms with E-state index in [0.29, 0.717) is 6.42 Å². The molecule has 0 aliphatic rings. The van der Waals surface area contributed by atoms with Gasteiger partial charge in [-0.05, 0) is 70.6 Å². The van der Waals surface area contributed by atoms with Gasteiger partial charge in [0, 0.05) is 13.0 Å². The number of phosphoric acid groups is 1. The molecule has 3 unspecified atom stereocenters. The standard InChI is InChI=1S/C41H75N2O6P/c1-3-5-7-9-11-13-15-17-18-19-20-21-23-24-26-28-30-32-34-40(44)39(38-49-50(46,47)48-37-36-42)43-41(45)35-33-31-29-27-25-22-16-14-12-10-8-6-4-2/h8,10,14,16,19-20,24,26,32,34,39-40,44H,3-7,9,11-13,15,17-18,21-23,25,27-31,33,35-38,42H2,1-2H3,(H,43,45)(H,46,47)/b10-8-,16-14-,20-19+,26-24+,34-32+. The zero-order chi connectivity index (χ0) is 36.8. The molecule has 0 aliphatic heterocycles. The normalized spacial score (nSPS) is 14.9. The van der Waals surface area contributed by atoms with Gasteiger partial charge < -0.3 is 21.1 Å². The monoisotopic (exact) mass is 723 g/mol. The van der Waals surface area contributed by atoms with Gasteiger partial charge in [-0.3, -0.25) is 13.8 Å². The molecule has 0 spiro atoms. The van der Waals surface area contributed by atoms with Gasteiger partial charge in [0.05, 0.1) is 25.4 Å². The zero-order valence-corrected chi connectivity index (χ0v) is 32.8. The van der Waals surface area contributed by atoms with Gasteiger partial charge in [-0.1, -0.05) is 145 Å². The molecule has 0 aromatic heterocycles. The minimum Gasteiger partial charge on any atom is -0.387 e. The summed E-state index contributed by atoms with van der Waals surface area (Å²) in [6.07, 6.45) is 45.5. The molecule has 0 aromatic rings. The highest BCUT2D eigenvalue weighted by molar-refractivity contribution is 7.47. The molecule has 0 aromatic carbocycles. The van der Waals surface area contributed by atoms with E-state index in [1.807, 2.05) is 6.08 Å². The summed E-state index contributed by atoms with van der Waals surface area (Å²) in [6.45, 7) is 4.00. The Bertz CT molecular complexity index is 965. The number of hydrogen-bond acceptors (Lipinski definition) is 6. The van der Waals surface area contributed by atoms with Gasteiger partial charge in [0.1, 0.15) is 0 Å². The van der Waals surface area contributed by atoms with Crippen LogP contribution in [-0.4, -0.2) is 47.8 Å². The Morgan fingerprint density at radius 1 is 0.660 bits per heavy atom. The number of carbonyl (C=O) groups excluding carboxylic acids is 1. The molecule has 1 amide bonds. The molecule has 0 bridgehead atoms. The van der Waals surface area contributed by atoms with Crippen LogP contribution in [0.5, 0.6) is 0 Å². The number of nitrogens with two attached hydrogens (primary N) is 1. The molecule has 0 saturated heterocycles. The molecule has 290 valence electrons. The van der Waals surface area contributed by atoms with Crippen LogP contribution in [-0.2, 0) is 18.4 Å². The van der Waals surface area contributed by atoms with Crippen molar-refractivity contribution in [1.29, 1.82) is 0 Å². The van der Waals surface area contributed by atoms with Crippen LogP contribution in [0.4, 0.5) is 0 Å². The molecule has 9 heteroatoms. The van der Waals surface area contributed by atoms with Gasteiger partial charge in [-0.2, -0.15) is 0 Å². The third-order valence-corrected chi connectivity index (χ3v) is 9.26. The molecular formula is C41H75N2O6P. The van der Waals surface area contributed by atoms with Gasteiger partial charge in [-0.15, -0.1) is 0 Å². The van der Waals surface area contributed by atoms with Crippen LogP contribution in [0.25, 0.3) is 0 Å². The summed E-state index contributed by atoms with van der Waals surface area (Å²) in [5.41, 5.74) is 5.35. The van der Waals surface area contributed by atoms with Crippen LogP contribution in [0.2, 0.25) is 0 Å². The van der Waals surface area contributed by atoms with Crippen molar-refractivity contribution in [2.24, 2.45) is 5.73 Å². The highest BCUT2D eigenvalue weighted by atomic mass is 31.2. The number of nitrogens with one attached hydrogen (secondary N) is 1. The first-order chi connectivity index (χ1) is 24.4. The van der Waals surface area contributed by atoms with Crippen LogP contribution in [0, 0.1) is 0 Å². The lowest BCUT2D eigenvalue weighted by Gasteiger charge is -2.23. The Morgan fingerprint density at radius 2 is 1.16 bits per heavy atom. The topological polar surface area (TPSA) is 131 Å². The number of carbonyl (C=O) groups is 1. The first kappa shape index (κ1) is 48.2. The molecule has 0 aliphatic carbocycles. The van der Waals surface area contributed by atoms with Gasteiger partial charge >= 0.3 is 7.82 Å². The first-order valence-corrected chi connectivity index (χ1v) is 21.4. The molecule has 8 nitrogen and oxygen atoms in total. The second-order valence-electron chi connectivity index (χ2n) is 13.1. The van der Waals surface area contributed by atoms with Crippen molar-refractivity contribution in [1.82, 2.24) is 5.32 Å². The van der Waals surface area contributed by atoms with E-state index in [9.17, 15) is 19.4 Å². The van der Waals surface area contributed by atoms with Crippen LogP contribution < -0.4 is 11.1 Å². The molecule has 50 heavy (non-hydrogen) atoms. The highest BCUT2D eigenvalue weighted by Gasteiger charge is 2.26. The minimum atomic E-state index is -4.35. The zero-order valence-electron chi connectivity index (χ0n) is 31.9. The van der Waals surface area contributed by atoms with E-state index < -0.39 is 20.0 Å². The summed E-state index contributed by atoms with van der Waals surface area (Å²) >= 11 is 0. The Morgan fingerprint density at radius 3 is 1.74 bits per heavy atom. The van der Waals surface area contributed by atoms with Crippen molar-refractivity contribution in [3.8, 4) is 0 Å². The number of amides is 1. The van der Waals surface area contributed by atoms with E-state index in [2.05, 4.69) is 67.8 Å². The number of allylic oxidation sites excluding steroid dienone is 9. The fraction of sp³-hybridized carbons (Fsp3) is 0.732. The van der Waals surface area contributed by atoms with Crippen LogP contribution in [0.1, 0.15) is 162 Å². The molecule has 0 radical (unpaired) electrons. The van der Waals surface area contributed by atoms with E-state index in [1.165, 1.54) is 64.2 Å². The molecule has 0 rings (SSSR count). The van der Waals surface area contributed by atoms with Crippen molar-refractivity contribution in [3.63, 3.8) is 0 Å². The molecule has 0 saturated carbocycles. The first-order valence-electron chi connectivity index (χ1n) is 19.9. The largest absolute Gasteiger partial charge is 0.472 e. The van der Waals surface area contributed by atoms with Crippen molar-refractivity contribution in [2.45, 2.75) is 174 Å². The molecule has 0 fully saturated rings. The van der Waals surface area contributed by atoms with Crippen molar-refractivity contribution in [2.75, 3.05) is 19.8 Å². The van der Waals surface area contributed by atoms with Crippen LogP contribution in [0.15, 0.2) is 60.8 Å². The quantitative estimate of drug-likeness (QED) is 0.0288. The smallest absolute Gasteiger partial charge is 0.387 e. The lowest BCUT2D eigenvalue weighted by Crippen LogP contribution is -2.45. The summed E-state index contributed by atoms with van der Waals surface area (Å²) < 4.78 is 22.0. The van der Waals surface area contributed by atoms with Gasteiger partial charge in [-0.25, -0.2) is 4.57 Å². The summed E-state index contributed by atoms with van der Waals surface area (Å²) in [5, 5.41) is 13.6. The predicted octanol–water partition coefficient (Wildman–Crippen LogP) is 10.7. The van der Waals surface area contributed by atoms with Crippen molar-refractivity contribution < 1.29 is 28.4 Å². The summed E-state index contributed by atoms with van der Waals surface area (Å²) in [5.74, 6) is -0.226. The van der Waals surface area contributed by atoms with Crippen molar-refractivity contribution in [3.05, 3.63) is 60.8 Å². The summed E-state index contributed by atoms with van der Waals surface area (Å²) in [7, 11) is -4.35.